The Labute approximate surface area is 134 Å². The lowest BCUT2D eigenvalue weighted by Gasteiger charge is -2.37. The lowest BCUT2D eigenvalue weighted by molar-refractivity contribution is 0.0702. The molecule has 1 aromatic rings. The van der Waals surface area contributed by atoms with E-state index in [0.717, 1.165) is 44.8 Å². The lowest BCUT2D eigenvalue weighted by atomic mass is 9.74. The number of furan rings is 1. The van der Waals surface area contributed by atoms with E-state index in [2.05, 4.69) is 44.4 Å². The van der Waals surface area contributed by atoms with Crippen molar-refractivity contribution in [2.75, 3.05) is 19.8 Å². The van der Waals surface area contributed by atoms with Crippen molar-refractivity contribution in [1.29, 1.82) is 0 Å². The highest BCUT2D eigenvalue weighted by Gasteiger charge is 2.35. The van der Waals surface area contributed by atoms with E-state index in [9.17, 15) is 0 Å². The van der Waals surface area contributed by atoms with Crippen LogP contribution in [0.15, 0.2) is 10.5 Å². The highest BCUT2D eigenvalue weighted by atomic mass is 16.5. The van der Waals surface area contributed by atoms with Crippen LogP contribution in [-0.4, -0.2) is 31.8 Å². The first-order chi connectivity index (χ1) is 10.4. The smallest absolute Gasteiger partial charge is 0.109 e. The third-order valence-electron chi connectivity index (χ3n) is 4.86. The van der Waals surface area contributed by atoms with Gasteiger partial charge in [0.1, 0.15) is 11.5 Å². The first-order valence-electron chi connectivity index (χ1n) is 8.59. The molecule has 3 rings (SSSR count). The minimum absolute atomic E-state index is 0.293. The molecule has 3 unspecified atom stereocenters. The van der Waals surface area contributed by atoms with E-state index < -0.39 is 0 Å². The topological polar surface area (TPSA) is 46.4 Å². The van der Waals surface area contributed by atoms with E-state index in [1.54, 1.807) is 0 Å². The number of ether oxygens (including phenoxy) is 1. The number of fused-ring (bicyclic) bond motifs is 1. The maximum atomic E-state index is 5.93. The summed E-state index contributed by atoms with van der Waals surface area (Å²) in [6.07, 6.45) is 3.31. The summed E-state index contributed by atoms with van der Waals surface area (Å²) >= 11 is 0. The molecule has 1 aromatic heterocycles. The number of hydrogen-bond donors (Lipinski definition) is 2. The Morgan fingerprint density at radius 1 is 1.45 bits per heavy atom. The molecule has 0 saturated carbocycles. The molecule has 1 fully saturated rings. The summed E-state index contributed by atoms with van der Waals surface area (Å²) in [5.74, 6) is 2.21. The Balaban J connectivity index is 1.65. The zero-order valence-electron chi connectivity index (χ0n) is 14.4. The van der Waals surface area contributed by atoms with Gasteiger partial charge in [0.2, 0.25) is 0 Å². The number of nitrogens with one attached hydrogen (secondary N) is 2. The van der Waals surface area contributed by atoms with Crippen LogP contribution in [0.5, 0.6) is 0 Å². The van der Waals surface area contributed by atoms with Crippen molar-refractivity contribution in [3.63, 3.8) is 0 Å². The summed E-state index contributed by atoms with van der Waals surface area (Å²) in [6, 6.07) is 3.55. The van der Waals surface area contributed by atoms with Crippen LogP contribution in [0, 0.1) is 12.3 Å². The van der Waals surface area contributed by atoms with Crippen molar-refractivity contribution in [2.45, 2.75) is 65.1 Å². The molecule has 124 valence electrons. The molecule has 2 N–H and O–H groups in total. The first kappa shape index (κ1) is 16.0. The average Bonchev–Trinajstić information content (AvgIpc) is 2.78. The van der Waals surface area contributed by atoms with Crippen molar-refractivity contribution < 1.29 is 9.15 Å². The van der Waals surface area contributed by atoms with Gasteiger partial charge < -0.3 is 19.8 Å². The van der Waals surface area contributed by atoms with Gasteiger partial charge in [-0.2, -0.15) is 0 Å². The minimum atomic E-state index is 0.293. The highest BCUT2D eigenvalue weighted by molar-refractivity contribution is 5.29. The summed E-state index contributed by atoms with van der Waals surface area (Å²) in [7, 11) is 0. The molecule has 0 amide bonds. The average molecular weight is 306 g/mol. The Kier molecular flexibility index (Phi) is 4.62. The zero-order valence-corrected chi connectivity index (χ0v) is 14.4. The summed E-state index contributed by atoms with van der Waals surface area (Å²) in [5, 5.41) is 7.38. The Hall–Kier alpha value is -0.840. The first-order valence-corrected chi connectivity index (χ1v) is 8.59. The lowest BCUT2D eigenvalue weighted by Crippen LogP contribution is -2.46. The normalized spacial score (nSPS) is 29.1. The van der Waals surface area contributed by atoms with Crippen molar-refractivity contribution in [2.24, 2.45) is 5.41 Å². The summed E-state index contributed by atoms with van der Waals surface area (Å²) in [6.45, 7) is 11.6. The highest BCUT2D eigenvalue weighted by Crippen LogP contribution is 2.42. The second-order valence-corrected chi connectivity index (χ2v) is 7.86. The molecule has 1 aliphatic heterocycles. The quantitative estimate of drug-likeness (QED) is 0.898. The molecule has 4 nitrogen and oxygen atoms in total. The minimum Gasteiger partial charge on any atom is -0.466 e. The molecule has 1 saturated heterocycles. The predicted octanol–water partition coefficient (Wildman–Crippen LogP) is 2.96. The van der Waals surface area contributed by atoms with E-state index in [0.29, 0.717) is 23.5 Å². The molecule has 3 atom stereocenters. The number of morpholine rings is 1. The van der Waals surface area contributed by atoms with Gasteiger partial charge in [-0.3, -0.25) is 0 Å². The second-order valence-electron chi connectivity index (χ2n) is 7.86. The maximum absolute atomic E-state index is 5.93. The van der Waals surface area contributed by atoms with Gasteiger partial charge >= 0.3 is 0 Å². The molecule has 2 aliphatic rings. The zero-order chi connectivity index (χ0) is 15.7. The van der Waals surface area contributed by atoms with Crippen LogP contribution in [0.4, 0.5) is 0 Å². The van der Waals surface area contributed by atoms with Crippen LogP contribution in [0.25, 0.3) is 0 Å². The Morgan fingerprint density at radius 2 is 2.27 bits per heavy atom. The molecule has 1 aliphatic carbocycles. The van der Waals surface area contributed by atoms with Gasteiger partial charge in [0.15, 0.2) is 0 Å². The Bertz CT molecular complexity index is 503. The van der Waals surface area contributed by atoms with E-state index in [4.69, 9.17) is 9.15 Å². The van der Waals surface area contributed by atoms with Crippen molar-refractivity contribution in [1.82, 2.24) is 10.6 Å². The van der Waals surface area contributed by atoms with E-state index >= 15 is 0 Å². The molecular weight excluding hydrogens is 276 g/mol. The van der Waals surface area contributed by atoms with Gasteiger partial charge in [-0.1, -0.05) is 13.8 Å². The van der Waals surface area contributed by atoms with Gasteiger partial charge in [0.25, 0.3) is 0 Å². The second kappa shape index (κ2) is 6.34. The fourth-order valence-electron chi connectivity index (χ4n) is 3.94. The van der Waals surface area contributed by atoms with Crippen LogP contribution in [0.3, 0.4) is 0 Å². The molecule has 4 heteroatoms. The van der Waals surface area contributed by atoms with E-state index in [1.807, 2.05) is 0 Å². The summed E-state index contributed by atoms with van der Waals surface area (Å²) in [4.78, 5) is 0. The third-order valence-corrected chi connectivity index (χ3v) is 4.86. The molecule has 0 aromatic carbocycles. The van der Waals surface area contributed by atoms with Crippen LogP contribution >= 0.6 is 0 Å². The SMILES string of the molecule is Cc1cc2c(o1)CC(C)(C)CC2NC(C)CC1COCCN1. The number of aryl methyl sites for hydroxylation is 1. The standard InChI is InChI=1S/C18H30N2O2/c1-12(7-14-11-21-6-5-19-14)20-16-9-18(3,4)10-17-15(16)8-13(2)22-17/h8,12,14,16,19-20H,5-7,9-11H2,1-4H3. The Morgan fingerprint density at radius 3 is 3.00 bits per heavy atom. The monoisotopic (exact) mass is 306 g/mol. The molecular formula is C18H30N2O2. The number of rotatable bonds is 4. The maximum Gasteiger partial charge on any atom is 0.109 e. The van der Waals surface area contributed by atoms with Crippen LogP contribution in [0.1, 0.15) is 56.7 Å². The van der Waals surface area contributed by atoms with Gasteiger partial charge in [-0.05, 0) is 38.2 Å². The van der Waals surface area contributed by atoms with Crippen LogP contribution in [-0.2, 0) is 11.2 Å². The van der Waals surface area contributed by atoms with Gasteiger partial charge in [0.05, 0.1) is 13.2 Å². The largest absolute Gasteiger partial charge is 0.466 e. The number of hydrogen-bond acceptors (Lipinski definition) is 4. The predicted molar refractivity (Wildman–Crippen MR) is 88.1 cm³/mol. The van der Waals surface area contributed by atoms with E-state index in [1.165, 1.54) is 11.3 Å². The molecule has 2 heterocycles. The third kappa shape index (κ3) is 3.73. The van der Waals surface area contributed by atoms with Gasteiger partial charge in [-0.25, -0.2) is 0 Å². The van der Waals surface area contributed by atoms with E-state index in [-0.39, 0.29) is 0 Å². The van der Waals surface area contributed by atoms with Crippen molar-refractivity contribution >= 4 is 0 Å². The molecule has 0 bridgehead atoms. The fourth-order valence-corrected chi connectivity index (χ4v) is 3.94. The molecule has 22 heavy (non-hydrogen) atoms. The van der Waals surface area contributed by atoms with Gasteiger partial charge in [0, 0.05) is 36.7 Å². The molecule has 0 radical (unpaired) electrons. The molecule has 0 spiro atoms. The van der Waals surface area contributed by atoms with Crippen LogP contribution < -0.4 is 10.6 Å². The van der Waals surface area contributed by atoms with Crippen molar-refractivity contribution in [3.05, 3.63) is 23.2 Å². The van der Waals surface area contributed by atoms with Crippen molar-refractivity contribution in [3.8, 4) is 0 Å². The van der Waals surface area contributed by atoms with Crippen LogP contribution in [0.2, 0.25) is 0 Å². The van der Waals surface area contributed by atoms with Gasteiger partial charge in [-0.15, -0.1) is 0 Å². The summed E-state index contributed by atoms with van der Waals surface area (Å²) < 4.78 is 11.5. The fraction of sp³-hybridized carbons (Fsp3) is 0.778. The summed E-state index contributed by atoms with van der Waals surface area (Å²) in [5.41, 5.74) is 1.66.